The molecular formula is C11H20N4O3S2. The Balaban J connectivity index is 2.57. The first-order valence-corrected chi connectivity index (χ1v) is 8.49. The molecule has 9 heteroatoms. The molecule has 1 heterocycles. The largest absolute Gasteiger partial charge is 0.383 e. The van der Waals surface area contributed by atoms with Crippen molar-refractivity contribution in [2.24, 2.45) is 0 Å². The quantitative estimate of drug-likeness (QED) is 0.594. The van der Waals surface area contributed by atoms with Crippen LogP contribution in [0.15, 0.2) is 0 Å². The van der Waals surface area contributed by atoms with Gasteiger partial charge in [-0.1, -0.05) is 11.3 Å². The number of rotatable bonds is 8. The summed E-state index contributed by atoms with van der Waals surface area (Å²) in [6.07, 6.45) is 1.61. The predicted octanol–water partition coefficient (Wildman–Crippen LogP) is 0.280. The number of carbonyl (C=O) groups excluding carboxylic acids is 1. The van der Waals surface area contributed by atoms with Gasteiger partial charge in [-0.2, -0.15) is 0 Å². The van der Waals surface area contributed by atoms with Gasteiger partial charge in [-0.15, -0.1) is 0 Å². The summed E-state index contributed by atoms with van der Waals surface area (Å²) in [7, 11) is 0.634. The number of nitrogens with one attached hydrogen (secondary N) is 2. The van der Waals surface area contributed by atoms with E-state index in [9.17, 15) is 9.00 Å². The van der Waals surface area contributed by atoms with Crippen molar-refractivity contribution in [2.45, 2.75) is 12.2 Å². The first-order chi connectivity index (χ1) is 9.45. The molecule has 0 aliphatic heterocycles. The minimum absolute atomic E-state index is 0.104. The van der Waals surface area contributed by atoms with Crippen LogP contribution >= 0.6 is 11.3 Å². The molecule has 0 aliphatic rings. The van der Waals surface area contributed by atoms with Gasteiger partial charge in [0.25, 0.3) is 5.91 Å². The van der Waals surface area contributed by atoms with E-state index in [4.69, 9.17) is 10.5 Å². The molecule has 114 valence electrons. The molecule has 1 aromatic rings. The van der Waals surface area contributed by atoms with Crippen LogP contribution in [0.25, 0.3) is 0 Å². The first kappa shape index (κ1) is 16.9. The Morgan fingerprint density at radius 1 is 1.60 bits per heavy atom. The minimum atomic E-state index is -0.973. The Kier molecular flexibility index (Phi) is 6.89. The molecule has 1 aromatic heterocycles. The maximum absolute atomic E-state index is 12.0. The number of aromatic nitrogens is 1. The molecule has 1 amide bonds. The van der Waals surface area contributed by atoms with Crippen LogP contribution in [-0.4, -0.2) is 53.4 Å². The average molecular weight is 320 g/mol. The van der Waals surface area contributed by atoms with Crippen molar-refractivity contribution < 1.29 is 13.7 Å². The summed E-state index contributed by atoms with van der Waals surface area (Å²) in [6.45, 7) is 3.28. The van der Waals surface area contributed by atoms with Crippen molar-refractivity contribution in [1.29, 1.82) is 0 Å². The molecule has 0 fully saturated rings. The zero-order valence-electron chi connectivity index (χ0n) is 11.8. The van der Waals surface area contributed by atoms with Gasteiger partial charge in [-0.05, 0) is 6.92 Å². The smallest absolute Gasteiger partial charge is 0.265 e. The highest BCUT2D eigenvalue weighted by Crippen LogP contribution is 2.24. The average Bonchev–Trinajstić information content (AvgIpc) is 2.77. The lowest BCUT2D eigenvalue weighted by molar-refractivity contribution is 0.0959. The fourth-order valence-electron chi connectivity index (χ4n) is 1.26. The number of amides is 1. The first-order valence-electron chi connectivity index (χ1n) is 6.05. The van der Waals surface area contributed by atoms with Gasteiger partial charge in [0.15, 0.2) is 5.13 Å². The van der Waals surface area contributed by atoms with Crippen molar-refractivity contribution in [3.63, 3.8) is 0 Å². The lowest BCUT2D eigenvalue weighted by Gasteiger charge is -2.08. The lowest BCUT2D eigenvalue weighted by Crippen LogP contribution is -2.32. The minimum Gasteiger partial charge on any atom is -0.383 e. The van der Waals surface area contributed by atoms with Gasteiger partial charge >= 0.3 is 0 Å². The third kappa shape index (κ3) is 5.06. The second-order valence-corrected chi connectivity index (χ2v) is 6.97. The Hall–Kier alpha value is -1.19. The Bertz CT molecular complexity index is 478. The summed E-state index contributed by atoms with van der Waals surface area (Å²) in [4.78, 5) is 16.4. The number of hydrogen-bond acceptors (Lipinski definition) is 7. The molecule has 0 aromatic carbocycles. The maximum atomic E-state index is 12.0. The second kappa shape index (κ2) is 8.18. The van der Waals surface area contributed by atoms with Crippen LogP contribution < -0.4 is 16.4 Å². The second-order valence-electron chi connectivity index (χ2n) is 4.17. The van der Waals surface area contributed by atoms with E-state index < -0.39 is 10.8 Å². The third-order valence-corrected chi connectivity index (χ3v) is 4.89. The highest BCUT2D eigenvalue weighted by Gasteiger charge is 2.17. The summed E-state index contributed by atoms with van der Waals surface area (Å²) in [6, 6.07) is 0. The molecule has 0 spiro atoms. The zero-order valence-corrected chi connectivity index (χ0v) is 13.4. The van der Waals surface area contributed by atoms with Crippen LogP contribution in [0.5, 0.6) is 0 Å². The van der Waals surface area contributed by atoms with Crippen LogP contribution in [0.3, 0.4) is 0 Å². The van der Waals surface area contributed by atoms with Gasteiger partial charge in [0, 0.05) is 42.5 Å². The van der Waals surface area contributed by atoms with Gasteiger partial charge in [0.05, 0.1) is 6.61 Å². The number of nitrogens with two attached hydrogens (primary N) is 1. The summed E-state index contributed by atoms with van der Waals surface area (Å²) < 4.78 is 16.1. The number of ether oxygens (including phenoxy) is 1. The molecule has 7 nitrogen and oxygen atoms in total. The van der Waals surface area contributed by atoms with E-state index in [-0.39, 0.29) is 17.0 Å². The SMILES string of the molecule is COCCNc1nc(N)c(C(=O)NCC(C)S(C)=O)s1. The van der Waals surface area contributed by atoms with E-state index in [1.54, 1.807) is 13.4 Å². The van der Waals surface area contributed by atoms with Crippen LogP contribution in [0.4, 0.5) is 10.9 Å². The van der Waals surface area contributed by atoms with Crippen LogP contribution in [0, 0.1) is 0 Å². The van der Waals surface area contributed by atoms with E-state index in [0.717, 1.165) is 0 Å². The summed E-state index contributed by atoms with van der Waals surface area (Å²) in [5, 5.41) is 6.20. The van der Waals surface area contributed by atoms with Crippen molar-refractivity contribution in [3.05, 3.63) is 4.88 Å². The molecule has 0 bridgehead atoms. The highest BCUT2D eigenvalue weighted by atomic mass is 32.2. The number of anilines is 2. The fourth-order valence-corrected chi connectivity index (χ4v) is 2.41. The molecule has 2 unspecified atom stereocenters. The lowest BCUT2D eigenvalue weighted by atomic mass is 10.4. The van der Waals surface area contributed by atoms with Gasteiger partial charge in [0.2, 0.25) is 0 Å². The molecule has 0 radical (unpaired) electrons. The van der Waals surface area contributed by atoms with Crippen molar-refractivity contribution in [2.75, 3.05) is 44.1 Å². The molecule has 2 atom stereocenters. The molecule has 0 saturated heterocycles. The van der Waals surface area contributed by atoms with E-state index >= 15 is 0 Å². The maximum Gasteiger partial charge on any atom is 0.265 e. The Morgan fingerprint density at radius 2 is 2.30 bits per heavy atom. The van der Waals surface area contributed by atoms with E-state index in [1.165, 1.54) is 11.3 Å². The monoisotopic (exact) mass is 320 g/mol. The topological polar surface area (TPSA) is 106 Å². The predicted molar refractivity (Wildman–Crippen MR) is 82.8 cm³/mol. The molecular weight excluding hydrogens is 300 g/mol. The summed E-state index contributed by atoms with van der Waals surface area (Å²) >= 11 is 1.19. The normalized spacial score (nSPS) is 13.8. The standard InChI is InChI=1S/C11H20N4O3S2/c1-7(20(3)17)6-14-10(16)8-9(12)15-11(19-8)13-4-5-18-2/h7H,4-6,12H2,1-3H3,(H,13,15)(H,14,16). The van der Waals surface area contributed by atoms with E-state index in [0.29, 0.717) is 29.7 Å². The van der Waals surface area contributed by atoms with Gasteiger partial charge in [-0.3, -0.25) is 9.00 Å². The van der Waals surface area contributed by atoms with Crippen LogP contribution in [0.1, 0.15) is 16.6 Å². The number of hydrogen-bond donors (Lipinski definition) is 3. The third-order valence-electron chi connectivity index (χ3n) is 2.56. The Labute approximate surface area is 124 Å². The van der Waals surface area contributed by atoms with Gasteiger partial charge < -0.3 is 21.1 Å². The highest BCUT2D eigenvalue weighted by molar-refractivity contribution is 7.84. The van der Waals surface area contributed by atoms with Gasteiger partial charge in [0.1, 0.15) is 10.7 Å². The number of nitrogen functional groups attached to an aromatic ring is 1. The number of thiazole rings is 1. The molecule has 1 rings (SSSR count). The fraction of sp³-hybridized carbons (Fsp3) is 0.636. The van der Waals surface area contributed by atoms with Crippen molar-refractivity contribution in [1.82, 2.24) is 10.3 Å². The number of methoxy groups -OCH3 is 1. The van der Waals surface area contributed by atoms with Crippen molar-refractivity contribution in [3.8, 4) is 0 Å². The van der Waals surface area contributed by atoms with E-state index in [2.05, 4.69) is 15.6 Å². The van der Waals surface area contributed by atoms with E-state index in [1.807, 2.05) is 6.92 Å². The zero-order chi connectivity index (χ0) is 15.1. The van der Waals surface area contributed by atoms with Crippen LogP contribution in [0.2, 0.25) is 0 Å². The van der Waals surface area contributed by atoms with Gasteiger partial charge in [-0.25, -0.2) is 4.98 Å². The Morgan fingerprint density at radius 3 is 2.90 bits per heavy atom. The van der Waals surface area contributed by atoms with Crippen molar-refractivity contribution >= 4 is 39.0 Å². The summed E-state index contributed by atoms with van der Waals surface area (Å²) in [5.41, 5.74) is 5.72. The summed E-state index contributed by atoms with van der Waals surface area (Å²) in [5.74, 6) is -0.102. The molecule has 20 heavy (non-hydrogen) atoms. The molecule has 4 N–H and O–H groups in total. The van der Waals surface area contributed by atoms with Crippen LogP contribution in [-0.2, 0) is 15.5 Å². The number of nitrogens with zero attached hydrogens (tertiary/aromatic N) is 1. The molecule has 0 saturated carbocycles. The molecule has 0 aliphatic carbocycles. The number of carbonyl (C=O) groups is 1.